The van der Waals surface area contributed by atoms with Crippen LogP contribution in [0.15, 0.2) is 12.1 Å². The van der Waals surface area contributed by atoms with Gasteiger partial charge in [0, 0.05) is 5.75 Å². The van der Waals surface area contributed by atoms with E-state index in [0.29, 0.717) is 23.9 Å². The highest BCUT2D eigenvalue weighted by atomic mass is 32.2. The van der Waals surface area contributed by atoms with Crippen LogP contribution in [-0.2, 0) is 9.53 Å². The molecule has 0 amide bonds. The minimum absolute atomic E-state index is 0.0336. The lowest BCUT2D eigenvalue weighted by Crippen LogP contribution is -2.35. The molecule has 2 atom stereocenters. The van der Waals surface area contributed by atoms with Crippen molar-refractivity contribution < 1.29 is 24.1 Å². The topological polar surface area (TPSA) is 77.0 Å². The zero-order chi connectivity index (χ0) is 15.4. The van der Waals surface area contributed by atoms with Crippen molar-refractivity contribution in [2.75, 3.05) is 26.6 Å². The van der Waals surface area contributed by atoms with Crippen molar-refractivity contribution in [3.8, 4) is 17.2 Å². The molecular formula is C14H19NO5S. The monoisotopic (exact) mass is 313 g/mol. The normalized spacial score (nSPS) is 21.1. The second-order valence-corrected chi connectivity index (χ2v) is 5.60. The predicted octanol–water partition coefficient (Wildman–Crippen LogP) is 1.68. The quantitative estimate of drug-likeness (QED) is 0.801. The van der Waals surface area contributed by atoms with Crippen LogP contribution in [0.1, 0.15) is 17.9 Å². The number of rotatable bonds is 5. The van der Waals surface area contributed by atoms with Gasteiger partial charge in [-0.3, -0.25) is 10.1 Å². The summed E-state index contributed by atoms with van der Waals surface area (Å²) in [5.74, 6) is 1.03. The summed E-state index contributed by atoms with van der Waals surface area (Å²) in [6, 6.07) is 3.14. The summed E-state index contributed by atoms with van der Waals surface area (Å²) in [5.41, 5.74) is 0.873. The maximum Gasteiger partial charge on any atom is 0.324 e. The number of carbonyl (C=O) groups is 1. The first kappa shape index (κ1) is 15.8. The molecule has 1 saturated heterocycles. The van der Waals surface area contributed by atoms with Gasteiger partial charge < -0.3 is 19.3 Å². The van der Waals surface area contributed by atoms with Crippen LogP contribution < -0.4 is 14.8 Å². The number of thioether (sulfide) groups is 1. The van der Waals surface area contributed by atoms with Gasteiger partial charge in [0.1, 0.15) is 6.04 Å². The number of methoxy groups -OCH3 is 2. The lowest BCUT2D eigenvalue weighted by Gasteiger charge is -2.16. The van der Waals surface area contributed by atoms with E-state index >= 15 is 0 Å². The van der Waals surface area contributed by atoms with Crippen molar-refractivity contribution in [3.63, 3.8) is 0 Å². The molecule has 1 heterocycles. The molecule has 2 N–H and O–H groups in total. The number of carbonyl (C=O) groups excluding carboxylic acids is 1. The van der Waals surface area contributed by atoms with Crippen LogP contribution in [0.25, 0.3) is 0 Å². The molecule has 1 aromatic carbocycles. The predicted molar refractivity (Wildman–Crippen MR) is 80.0 cm³/mol. The number of phenols is 1. The number of benzene rings is 1. The number of hydrogen-bond donors (Lipinski definition) is 2. The molecule has 1 aliphatic rings. The van der Waals surface area contributed by atoms with E-state index in [1.54, 1.807) is 30.8 Å². The zero-order valence-corrected chi connectivity index (χ0v) is 13.0. The third-order valence-corrected chi connectivity index (χ3v) is 4.43. The Kier molecular flexibility index (Phi) is 5.19. The molecule has 0 bridgehead atoms. The number of aromatic hydroxyl groups is 1. The first-order valence-corrected chi connectivity index (χ1v) is 7.64. The Morgan fingerprint density at radius 2 is 2.00 bits per heavy atom. The molecule has 116 valence electrons. The fourth-order valence-electron chi connectivity index (χ4n) is 2.11. The van der Waals surface area contributed by atoms with Crippen LogP contribution in [-0.4, -0.2) is 43.7 Å². The molecule has 0 aliphatic carbocycles. The molecule has 0 saturated carbocycles. The van der Waals surface area contributed by atoms with Gasteiger partial charge in [0.05, 0.1) is 26.2 Å². The van der Waals surface area contributed by atoms with Crippen LogP contribution in [0.2, 0.25) is 0 Å². The van der Waals surface area contributed by atoms with Crippen molar-refractivity contribution in [3.05, 3.63) is 17.7 Å². The summed E-state index contributed by atoms with van der Waals surface area (Å²) in [7, 11) is 2.96. The Bertz CT molecular complexity index is 497. The van der Waals surface area contributed by atoms with Gasteiger partial charge in [-0.15, -0.1) is 11.8 Å². The number of ether oxygens (including phenoxy) is 3. The van der Waals surface area contributed by atoms with Gasteiger partial charge in [0.15, 0.2) is 11.5 Å². The number of hydrogen-bond acceptors (Lipinski definition) is 7. The first-order chi connectivity index (χ1) is 10.1. The Morgan fingerprint density at radius 1 is 1.38 bits per heavy atom. The standard InChI is InChI=1S/C14H19NO5S/c1-4-20-14(17)9-7-21-13(15-9)8-5-10(18-2)12(16)11(6-8)19-3/h5-6,9,13,15-16H,4,7H2,1-3H3/t9-,13?/m0/s1. The second-order valence-electron chi connectivity index (χ2n) is 4.46. The lowest BCUT2D eigenvalue weighted by molar-refractivity contribution is -0.144. The Hall–Kier alpha value is -1.60. The van der Waals surface area contributed by atoms with Gasteiger partial charge in [-0.2, -0.15) is 0 Å². The summed E-state index contributed by atoms with van der Waals surface area (Å²) < 4.78 is 15.3. The molecule has 6 nitrogen and oxygen atoms in total. The van der Waals surface area contributed by atoms with Gasteiger partial charge in [-0.1, -0.05) is 0 Å². The van der Waals surface area contributed by atoms with Gasteiger partial charge in [0.25, 0.3) is 0 Å². The number of phenolic OH excluding ortho intramolecular Hbond substituents is 1. The second kappa shape index (κ2) is 6.91. The Balaban J connectivity index is 2.18. The third-order valence-electron chi connectivity index (χ3n) is 3.16. The average Bonchev–Trinajstić information content (AvgIpc) is 2.97. The minimum atomic E-state index is -0.328. The average molecular weight is 313 g/mol. The molecule has 1 unspecified atom stereocenters. The van der Waals surface area contributed by atoms with E-state index in [2.05, 4.69) is 5.32 Å². The van der Waals surface area contributed by atoms with Crippen molar-refractivity contribution in [1.29, 1.82) is 0 Å². The molecule has 0 aromatic heterocycles. The fraction of sp³-hybridized carbons (Fsp3) is 0.500. The van der Waals surface area contributed by atoms with Crippen LogP contribution in [0.3, 0.4) is 0 Å². The fourth-order valence-corrected chi connectivity index (χ4v) is 3.31. The van der Waals surface area contributed by atoms with Crippen molar-refractivity contribution in [2.45, 2.75) is 18.3 Å². The van der Waals surface area contributed by atoms with Crippen molar-refractivity contribution in [2.24, 2.45) is 0 Å². The Labute approximate surface area is 127 Å². The van der Waals surface area contributed by atoms with Crippen molar-refractivity contribution >= 4 is 17.7 Å². The highest BCUT2D eigenvalue weighted by molar-refractivity contribution is 7.99. The molecule has 7 heteroatoms. The van der Waals surface area contributed by atoms with Crippen LogP contribution in [0.5, 0.6) is 17.2 Å². The molecule has 1 aliphatic heterocycles. The van der Waals surface area contributed by atoms with E-state index in [0.717, 1.165) is 5.56 Å². The van der Waals surface area contributed by atoms with Gasteiger partial charge >= 0.3 is 5.97 Å². The van der Waals surface area contributed by atoms with E-state index in [4.69, 9.17) is 14.2 Å². The summed E-state index contributed by atoms with van der Waals surface area (Å²) in [4.78, 5) is 11.7. The van der Waals surface area contributed by atoms with Crippen LogP contribution >= 0.6 is 11.8 Å². The van der Waals surface area contributed by atoms with E-state index in [9.17, 15) is 9.90 Å². The first-order valence-electron chi connectivity index (χ1n) is 6.59. The van der Waals surface area contributed by atoms with Crippen molar-refractivity contribution in [1.82, 2.24) is 5.32 Å². The molecule has 0 spiro atoms. The zero-order valence-electron chi connectivity index (χ0n) is 12.2. The summed E-state index contributed by atoms with van der Waals surface area (Å²) in [6.45, 7) is 2.15. The summed E-state index contributed by atoms with van der Waals surface area (Å²) in [6.07, 6.45) is 0. The van der Waals surface area contributed by atoms with E-state index in [1.165, 1.54) is 14.2 Å². The summed E-state index contributed by atoms with van der Waals surface area (Å²) in [5, 5.41) is 13.0. The van der Waals surface area contributed by atoms with E-state index < -0.39 is 0 Å². The Morgan fingerprint density at radius 3 is 2.52 bits per heavy atom. The molecule has 1 aromatic rings. The molecular weight excluding hydrogens is 294 g/mol. The molecule has 2 rings (SSSR count). The van der Waals surface area contributed by atoms with Gasteiger partial charge in [-0.05, 0) is 24.6 Å². The largest absolute Gasteiger partial charge is 0.502 e. The van der Waals surface area contributed by atoms with Crippen LogP contribution in [0, 0.1) is 0 Å². The number of nitrogens with one attached hydrogen (secondary N) is 1. The van der Waals surface area contributed by atoms with Gasteiger partial charge in [0.2, 0.25) is 5.75 Å². The molecule has 0 radical (unpaired) electrons. The molecule has 21 heavy (non-hydrogen) atoms. The maximum absolute atomic E-state index is 11.7. The van der Waals surface area contributed by atoms with Gasteiger partial charge in [-0.25, -0.2) is 0 Å². The van der Waals surface area contributed by atoms with E-state index in [1.807, 2.05) is 0 Å². The van der Waals surface area contributed by atoms with Crippen LogP contribution in [0.4, 0.5) is 0 Å². The maximum atomic E-state index is 11.7. The smallest absolute Gasteiger partial charge is 0.324 e. The third kappa shape index (κ3) is 3.36. The number of esters is 1. The highest BCUT2D eigenvalue weighted by Crippen LogP contribution is 2.42. The minimum Gasteiger partial charge on any atom is -0.502 e. The molecule has 1 fully saturated rings. The summed E-state index contributed by atoms with van der Waals surface area (Å²) >= 11 is 1.60. The lowest BCUT2D eigenvalue weighted by atomic mass is 10.1. The highest BCUT2D eigenvalue weighted by Gasteiger charge is 2.32. The van der Waals surface area contributed by atoms with E-state index in [-0.39, 0.29) is 23.1 Å². The SMILES string of the molecule is CCOC(=O)[C@@H]1CSC(c2cc(OC)c(O)c(OC)c2)N1.